The Kier molecular flexibility index (Phi) is 5.18. The summed E-state index contributed by atoms with van der Waals surface area (Å²) in [5, 5.41) is 6.94. The summed E-state index contributed by atoms with van der Waals surface area (Å²) in [5.41, 5.74) is 2.93. The van der Waals surface area contributed by atoms with Crippen molar-refractivity contribution in [2.75, 3.05) is 5.32 Å². The third-order valence-corrected chi connectivity index (χ3v) is 4.61. The molecule has 0 saturated heterocycles. The molecule has 0 atom stereocenters. The van der Waals surface area contributed by atoms with Crippen LogP contribution >= 0.6 is 11.3 Å². The summed E-state index contributed by atoms with van der Waals surface area (Å²) >= 11 is 1.38. The van der Waals surface area contributed by atoms with Crippen molar-refractivity contribution in [3.8, 4) is 0 Å². The van der Waals surface area contributed by atoms with Gasteiger partial charge in [0.15, 0.2) is 5.13 Å². The first-order chi connectivity index (χ1) is 11.7. The predicted molar refractivity (Wildman–Crippen MR) is 96.0 cm³/mol. The fourth-order valence-electron chi connectivity index (χ4n) is 2.22. The molecule has 2 heterocycles. The second-order valence-electron chi connectivity index (χ2n) is 5.31. The number of nitrogens with one attached hydrogen (secondary N) is 2. The van der Waals surface area contributed by atoms with E-state index in [4.69, 9.17) is 0 Å². The highest BCUT2D eigenvalue weighted by atomic mass is 32.1. The number of aromatic nitrogens is 2. The molecule has 122 valence electrons. The molecule has 3 aromatic rings. The first kappa shape index (κ1) is 16.1. The lowest BCUT2D eigenvalue weighted by molar-refractivity contribution is 0.0954. The van der Waals surface area contributed by atoms with Crippen molar-refractivity contribution in [2.45, 2.75) is 20.0 Å². The normalized spacial score (nSPS) is 10.4. The molecule has 2 N–H and O–H groups in total. The number of hydrogen-bond donors (Lipinski definition) is 2. The van der Waals surface area contributed by atoms with Crippen LogP contribution in [0.2, 0.25) is 0 Å². The maximum atomic E-state index is 12.3. The van der Waals surface area contributed by atoms with Gasteiger partial charge in [-0.2, -0.15) is 0 Å². The summed E-state index contributed by atoms with van der Waals surface area (Å²) < 4.78 is 0. The number of carbonyl (C=O) groups is 1. The zero-order valence-corrected chi connectivity index (χ0v) is 14.1. The molecule has 0 radical (unpaired) electrons. The molecule has 0 aliphatic rings. The predicted octanol–water partition coefficient (Wildman–Crippen LogP) is 3.39. The Hall–Kier alpha value is -2.73. The van der Waals surface area contributed by atoms with Crippen LogP contribution < -0.4 is 10.6 Å². The smallest absolute Gasteiger partial charge is 0.263 e. The third kappa shape index (κ3) is 4.17. The van der Waals surface area contributed by atoms with E-state index < -0.39 is 0 Å². The molecular formula is C18H18N4OS. The van der Waals surface area contributed by atoms with Crippen molar-refractivity contribution in [3.05, 3.63) is 76.6 Å². The van der Waals surface area contributed by atoms with E-state index in [-0.39, 0.29) is 5.91 Å². The molecular weight excluding hydrogens is 320 g/mol. The molecule has 0 spiro atoms. The number of hydrogen-bond acceptors (Lipinski definition) is 5. The van der Waals surface area contributed by atoms with Gasteiger partial charge in [0.2, 0.25) is 0 Å². The number of rotatable bonds is 6. The van der Waals surface area contributed by atoms with Gasteiger partial charge < -0.3 is 10.6 Å². The Balaban J connectivity index is 1.59. The van der Waals surface area contributed by atoms with Gasteiger partial charge in [-0.05, 0) is 30.2 Å². The maximum absolute atomic E-state index is 12.3. The van der Waals surface area contributed by atoms with Gasteiger partial charge in [0, 0.05) is 25.5 Å². The molecule has 0 unspecified atom stereocenters. The van der Waals surface area contributed by atoms with Crippen molar-refractivity contribution in [1.29, 1.82) is 0 Å². The molecule has 24 heavy (non-hydrogen) atoms. The Morgan fingerprint density at radius 2 is 1.75 bits per heavy atom. The van der Waals surface area contributed by atoms with Gasteiger partial charge in [-0.25, -0.2) is 4.98 Å². The average molecular weight is 338 g/mol. The van der Waals surface area contributed by atoms with Crippen LogP contribution in [-0.4, -0.2) is 15.9 Å². The number of aryl methyl sites for hydroxylation is 1. The van der Waals surface area contributed by atoms with Crippen LogP contribution in [0.25, 0.3) is 0 Å². The molecule has 0 saturated carbocycles. The van der Waals surface area contributed by atoms with Crippen molar-refractivity contribution < 1.29 is 4.79 Å². The molecule has 5 nitrogen and oxygen atoms in total. The quantitative estimate of drug-likeness (QED) is 0.723. The van der Waals surface area contributed by atoms with Gasteiger partial charge in [-0.1, -0.05) is 41.7 Å². The van der Waals surface area contributed by atoms with E-state index in [1.54, 1.807) is 12.4 Å². The molecule has 3 rings (SSSR count). The Morgan fingerprint density at radius 1 is 1.04 bits per heavy atom. The van der Waals surface area contributed by atoms with E-state index in [0.29, 0.717) is 18.0 Å². The molecule has 1 amide bonds. The van der Waals surface area contributed by atoms with E-state index >= 15 is 0 Å². The highest BCUT2D eigenvalue weighted by Crippen LogP contribution is 2.23. The highest BCUT2D eigenvalue weighted by Gasteiger charge is 2.15. The molecule has 0 bridgehead atoms. The lowest BCUT2D eigenvalue weighted by atomic mass is 10.2. The zero-order chi connectivity index (χ0) is 16.8. The Labute approximate surface area is 144 Å². The van der Waals surface area contributed by atoms with Gasteiger partial charge in [0.25, 0.3) is 5.91 Å². The van der Waals surface area contributed by atoms with Crippen molar-refractivity contribution in [1.82, 2.24) is 15.3 Å². The van der Waals surface area contributed by atoms with Crippen LogP contribution in [-0.2, 0) is 13.1 Å². The summed E-state index contributed by atoms with van der Waals surface area (Å²) in [4.78, 5) is 21.4. The maximum Gasteiger partial charge on any atom is 0.263 e. The number of amides is 1. The standard InChI is InChI=1S/C18H18N4OS/c1-13-16(17(23)20-11-15-7-9-19-10-8-15)24-18(22-13)21-12-14-5-3-2-4-6-14/h2-10H,11-12H2,1H3,(H,20,23)(H,21,22). The van der Waals surface area contributed by atoms with E-state index in [9.17, 15) is 4.79 Å². The molecule has 0 aliphatic heterocycles. The number of pyridine rings is 1. The number of carbonyl (C=O) groups excluding carboxylic acids is 1. The Morgan fingerprint density at radius 3 is 2.50 bits per heavy atom. The fourth-order valence-corrected chi connectivity index (χ4v) is 3.10. The minimum Gasteiger partial charge on any atom is -0.357 e. The SMILES string of the molecule is Cc1nc(NCc2ccccc2)sc1C(=O)NCc1ccncc1. The minimum absolute atomic E-state index is 0.102. The van der Waals surface area contributed by atoms with Gasteiger partial charge in [-0.15, -0.1) is 0 Å². The second kappa shape index (κ2) is 7.70. The summed E-state index contributed by atoms with van der Waals surface area (Å²) in [7, 11) is 0. The lowest BCUT2D eigenvalue weighted by Crippen LogP contribution is -2.22. The number of benzene rings is 1. The molecule has 1 aromatic carbocycles. The first-order valence-corrected chi connectivity index (χ1v) is 8.46. The third-order valence-electron chi connectivity index (χ3n) is 3.49. The minimum atomic E-state index is -0.102. The summed E-state index contributed by atoms with van der Waals surface area (Å²) in [6.07, 6.45) is 3.43. The van der Waals surface area contributed by atoms with E-state index in [0.717, 1.165) is 16.4 Å². The average Bonchev–Trinajstić information content (AvgIpc) is 3.00. The van der Waals surface area contributed by atoms with Crippen molar-refractivity contribution in [2.24, 2.45) is 0 Å². The van der Waals surface area contributed by atoms with E-state index in [2.05, 4.69) is 32.7 Å². The van der Waals surface area contributed by atoms with Crippen molar-refractivity contribution in [3.63, 3.8) is 0 Å². The van der Waals surface area contributed by atoms with Crippen LogP contribution in [0.3, 0.4) is 0 Å². The first-order valence-electron chi connectivity index (χ1n) is 7.64. The van der Waals surface area contributed by atoms with Gasteiger partial charge in [0.1, 0.15) is 4.88 Å². The van der Waals surface area contributed by atoms with Crippen LogP contribution in [0.1, 0.15) is 26.5 Å². The fraction of sp³-hybridized carbons (Fsp3) is 0.167. The number of anilines is 1. The van der Waals surface area contributed by atoms with Crippen LogP contribution in [0.4, 0.5) is 5.13 Å². The van der Waals surface area contributed by atoms with Gasteiger partial charge in [-0.3, -0.25) is 9.78 Å². The molecule has 6 heteroatoms. The summed E-state index contributed by atoms with van der Waals surface area (Å²) in [5.74, 6) is -0.102. The van der Waals surface area contributed by atoms with Crippen molar-refractivity contribution >= 4 is 22.4 Å². The van der Waals surface area contributed by atoms with Crippen LogP contribution in [0.15, 0.2) is 54.9 Å². The Bertz CT molecular complexity index is 802. The monoisotopic (exact) mass is 338 g/mol. The number of nitrogens with zero attached hydrogens (tertiary/aromatic N) is 2. The zero-order valence-electron chi connectivity index (χ0n) is 13.3. The molecule has 0 fully saturated rings. The van der Waals surface area contributed by atoms with Crippen LogP contribution in [0, 0.1) is 6.92 Å². The largest absolute Gasteiger partial charge is 0.357 e. The van der Waals surface area contributed by atoms with Crippen LogP contribution in [0.5, 0.6) is 0 Å². The molecule has 2 aromatic heterocycles. The lowest BCUT2D eigenvalue weighted by Gasteiger charge is -2.03. The van der Waals surface area contributed by atoms with Gasteiger partial charge in [0.05, 0.1) is 5.69 Å². The number of thiazole rings is 1. The van der Waals surface area contributed by atoms with Gasteiger partial charge >= 0.3 is 0 Å². The molecule has 0 aliphatic carbocycles. The van der Waals surface area contributed by atoms with E-state index in [1.807, 2.05) is 37.3 Å². The highest BCUT2D eigenvalue weighted by molar-refractivity contribution is 7.17. The van der Waals surface area contributed by atoms with E-state index in [1.165, 1.54) is 16.9 Å². The summed E-state index contributed by atoms with van der Waals surface area (Å²) in [6, 6.07) is 13.9. The summed E-state index contributed by atoms with van der Waals surface area (Å²) in [6.45, 7) is 3.02. The topological polar surface area (TPSA) is 66.9 Å². The second-order valence-corrected chi connectivity index (χ2v) is 6.31.